The van der Waals surface area contributed by atoms with E-state index in [1.54, 1.807) is 0 Å². The van der Waals surface area contributed by atoms with Gasteiger partial charge >= 0.3 is 5.97 Å². The Morgan fingerprint density at radius 1 is 1.53 bits per heavy atom. The number of rotatable bonds is 4. The maximum absolute atomic E-state index is 13.2. The lowest BCUT2D eigenvalue weighted by Gasteiger charge is -2.11. The number of carboxylic acids is 1. The minimum absolute atomic E-state index is 0.305. The first-order chi connectivity index (χ1) is 7.91. The molecule has 0 aliphatic carbocycles. The number of nitrogens with one attached hydrogen (secondary N) is 1. The first-order valence-corrected chi connectivity index (χ1v) is 4.74. The minimum Gasteiger partial charge on any atom is -0.481 e. The van der Waals surface area contributed by atoms with Crippen molar-refractivity contribution in [1.82, 2.24) is 10.3 Å². The standard InChI is InChI=1S/C10H10F2N2O3/c1-5(4-7(15)16)14-10(17)6-2-3-13-9(12)8(6)11/h2-3,5H,4H2,1H3,(H,14,17)(H,15,16). The average Bonchev–Trinajstić information content (AvgIpc) is 2.20. The highest BCUT2D eigenvalue weighted by Crippen LogP contribution is 2.09. The predicted molar refractivity (Wildman–Crippen MR) is 53.3 cm³/mol. The van der Waals surface area contributed by atoms with Gasteiger partial charge in [0.15, 0.2) is 5.82 Å². The van der Waals surface area contributed by atoms with Crippen LogP contribution in [0.4, 0.5) is 8.78 Å². The maximum Gasteiger partial charge on any atom is 0.305 e. The Morgan fingerprint density at radius 3 is 2.76 bits per heavy atom. The van der Waals surface area contributed by atoms with E-state index in [0.717, 1.165) is 12.3 Å². The van der Waals surface area contributed by atoms with Gasteiger partial charge in [-0.3, -0.25) is 9.59 Å². The van der Waals surface area contributed by atoms with Gasteiger partial charge in [-0.2, -0.15) is 4.39 Å². The highest BCUT2D eigenvalue weighted by Gasteiger charge is 2.18. The SMILES string of the molecule is CC(CC(=O)O)NC(=O)c1ccnc(F)c1F. The topological polar surface area (TPSA) is 79.3 Å². The summed E-state index contributed by atoms with van der Waals surface area (Å²) in [5.74, 6) is -4.70. The Morgan fingerprint density at radius 2 is 2.18 bits per heavy atom. The van der Waals surface area contributed by atoms with Crippen molar-refractivity contribution in [1.29, 1.82) is 0 Å². The molecule has 0 radical (unpaired) electrons. The van der Waals surface area contributed by atoms with Gasteiger partial charge in [-0.15, -0.1) is 0 Å². The third-order valence-corrected chi connectivity index (χ3v) is 1.95. The lowest BCUT2D eigenvalue weighted by Crippen LogP contribution is -2.34. The van der Waals surface area contributed by atoms with Crippen LogP contribution < -0.4 is 5.32 Å². The monoisotopic (exact) mass is 244 g/mol. The molecule has 0 fully saturated rings. The average molecular weight is 244 g/mol. The van der Waals surface area contributed by atoms with E-state index in [1.165, 1.54) is 6.92 Å². The molecule has 1 unspecified atom stereocenters. The highest BCUT2D eigenvalue weighted by molar-refractivity contribution is 5.94. The van der Waals surface area contributed by atoms with Crippen molar-refractivity contribution in [3.63, 3.8) is 0 Å². The quantitative estimate of drug-likeness (QED) is 0.773. The first-order valence-electron chi connectivity index (χ1n) is 4.74. The summed E-state index contributed by atoms with van der Waals surface area (Å²) < 4.78 is 25.9. The van der Waals surface area contributed by atoms with E-state index in [-0.39, 0.29) is 6.42 Å². The summed E-state index contributed by atoms with van der Waals surface area (Å²) >= 11 is 0. The van der Waals surface area contributed by atoms with Crippen LogP contribution in [0.2, 0.25) is 0 Å². The lowest BCUT2D eigenvalue weighted by atomic mass is 10.2. The van der Waals surface area contributed by atoms with Crippen LogP contribution in [0.1, 0.15) is 23.7 Å². The molecular weight excluding hydrogens is 234 g/mol. The van der Waals surface area contributed by atoms with Crippen LogP contribution >= 0.6 is 0 Å². The third kappa shape index (κ3) is 3.47. The Balaban J connectivity index is 2.77. The smallest absolute Gasteiger partial charge is 0.305 e. The molecule has 17 heavy (non-hydrogen) atoms. The van der Waals surface area contributed by atoms with E-state index >= 15 is 0 Å². The van der Waals surface area contributed by atoms with Gasteiger partial charge in [-0.1, -0.05) is 0 Å². The number of aliphatic carboxylic acids is 1. The zero-order chi connectivity index (χ0) is 13.0. The van der Waals surface area contributed by atoms with Gasteiger partial charge < -0.3 is 10.4 Å². The van der Waals surface area contributed by atoms with Gasteiger partial charge in [0.25, 0.3) is 5.91 Å². The van der Waals surface area contributed by atoms with E-state index in [4.69, 9.17) is 5.11 Å². The molecule has 0 aliphatic rings. The fourth-order valence-electron chi connectivity index (χ4n) is 1.21. The summed E-state index contributed by atoms with van der Waals surface area (Å²) in [6.07, 6.45) is 0.649. The zero-order valence-electron chi connectivity index (χ0n) is 8.91. The second kappa shape index (κ2) is 5.33. The van der Waals surface area contributed by atoms with Crippen molar-refractivity contribution >= 4 is 11.9 Å². The summed E-state index contributed by atoms with van der Waals surface area (Å²) in [5, 5.41) is 10.7. The Hall–Kier alpha value is -2.05. The van der Waals surface area contributed by atoms with Crippen molar-refractivity contribution in [3.05, 3.63) is 29.6 Å². The fraction of sp³-hybridized carbons (Fsp3) is 0.300. The van der Waals surface area contributed by atoms with Gasteiger partial charge in [-0.05, 0) is 13.0 Å². The second-order valence-electron chi connectivity index (χ2n) is 3.44. The Labute approximate surface area is 95.5 Å². The molecule has 7 heteroatoms. The molecule has 0 spiro atoms. The normalized spacial score (nSPS) is 11.9. The number of carboxylic acid groups (broad SMARTS) is 1. The van der Waals surface area contributed by atoms with Crippen LogP contribution in [0.5, 0.6) is 0 Å². The number of carbonyl (C=O) groups is 2. The molecule has 0 saturated heterocycles. The molecular formula is C10H10F2N2O3. The number of hydrogen-bond acceptors (Lipinski definition) is 3. The molecule has 0 aliphatic heterocycles. The molecule has 92 valence electrons. The molecule has 1 aromatic rings. The molecule has 2 N–H and O–H groups in total. The van der Waals surface area contributed by atoms with Crippen LogP contribution in [0.3, 0.4) is 0 Å². The summed E-state index contributed by atoms with van der Waals surface area (Å²) in [7, 11) is 0. The molecule has 5 nitrogen and oxygen atoms in total. The maximum atomic E-state index is 13.2. The first kappa shape index (κ1) is 13.0. The number of nitrogens with zero attached hydrogens (tertiary/aromatic N) is 1. The number of carbonyl (C=O) groups excluding carboxylic acids is 1. The van der Waals surface area contributed by atoms with Gasteiger partial charge in [0.05, 0.1) is 12.0 Å². The number of aromatic nitrogens is 1. The summed E-state index contributed by atoms with van der Waals surface area (Å²) in [5.41, 5.74) is -0.505. The van der Waals surface area contributed by atoms with Crippen LogP contribution in [-0.4, -0.2) is 28.0 Å². The van der Waals surface area contributed by atoms with Gasteiger partial charge in [0.2, 0.25) is 5.95 Å². The number of halogens is 2. The van der Waals surface area contributed by atoms with E-state index in [9.17, 15) is 18.4 Å². The van der Waals surface area contributed by atoms with Gasteiger partial charge in [-0.25, -0.2) is 9.37 Å². The van der Waals surface area contributed by atoms with Crippen molar-refractivity contribution in [3.8, 4) is 0 Å². The van der Waals surface area contributed by atoms with E-state index < -0.39 is 35.2 Å². The fourth-order valence-corrected chi connectivity index (χ4v) is 1.21. The molecule has 0 bridgehead atoms. The van der Waals surface area contributed by atoms with Crippen molar-refractivity contribution in [2.45, 2.75) is 19.4 Å². The zero-order valence-corrected chi connectivity index (χ0v) is 8.91. The summed E-state index contributed by atoms with van der Waals surface area (Å²) in [4.78, 5) is 24.9. The lowest BCUT2D eigenvalue weighted by molar-refractivity contribution is -0.137. The van der Waals surface area contributed by atoms with E-state index in [1.807, 2.05) is 0 Å². The molecule has 0 saturated carbocycles. The Kier molecular flexibility index (Phi) is 4.08. The summed E-state index contributed by atoms with van der Waals surface area (Å²) in [6, 6.07) is 0.331. The number of pyridine rings is 1. The van der Waals surface area contributed by atoms with E-state index in [0.29, 0.717) is 0 Å². The van der Waals surface area contributed by atoms with Crippen LogP contribution in [-0.2, 0) is 4.79 Å². The molecule has 1 aromatic heterocycles. The molecule has 1 amide bonds. The molecule has 1 heterocycles. The van der Waals surface area contributed by atoms with Gasteiger partial charge in [0, 0.05) is 12.2 Å². The van der Waals surface area contributed by atoms with Crippen molar-refractivity contribution in [2.75, 3.05) is 0 Å². The number of amides is 1. The molecule has 1 rings (SSSR count). The van der Waals surface area contributed by atoms with Crippen molar-refractivity contribution in [2.24, 2.45) is 0 Å². The molecule has 1 atom stereocenters. The predicted octanol–water partition coefficient (Wildman–Crippen LogP) is 0.953. The Bertz CT molecular complexity index is 451. The van der Waals surface area contributed by atoms with Gasteiger partial charge in [0.1, 0.15) is 0 Å². The second-order valence-corrected chi connectivity index (χ2v) is 3.44. The van der Waals surface area contributed by atoms with Crippen LogP contribution in [0.25, 0.3) is 0 Å². The minimum atomic E-state index is -1.37. The van der Waals surface area contributed by atoms with Crippen molar-refractivity contribution < 1.29 is 23.5 Å². The largest absolute Gasteiger partial charge is 0.481 e. The van der Waals surface area contributed by atoms with Crippen LogP contribution in [0.15, 0.2) is 12.3 Å². The molecule has 0 aromatic carbocycles. The highest BCUT2D eigenvalue weighted by atomic mass is 19.2. The number of hydrogen-bond donors (Lipinski definition) is 2. The van der Waals surface area contributed by atoms with Crippen LogP contribution in [0, 0.1) is 11.8 Å². The van der Waals surface area contributed by atoms with E-state index in [2.05, 4.69) is 10.3 Å². The summed E-state index contributed by atoms with van der Waals surface area (Å²) in [6.45, 7) is 1.45. The third-order valence-electron chi connectivity index (χ3n) is 1.95.